The van der Waals surface area contributed by atoms with Crippen molar-refractivity contribution in [1.82, 2.24) is 10.3 Å². The van der Waals surface area contributed by atoms with E-state index in [4.69, 9.17) is 0 Å². The molecule has 1 aliphatic rings. The molecule has 0 fully saturated rings. The third kappa shape index (κ3) is 2.27. The van der Waals surface area contributed by atoms with Gasteiger partial charge in [-0.3, -0.25) is 9.78 Å². The van der Waals surface area contributed by atoms with Gasteiger partial charge in [0, 0.05) is 19.2 Å². The van der Waals surface area contributed by atoms with Crippen molar-refractivity contribution in [2.75, 3.05) is 6.54 Å². The van der Waals surface area contributed by atoms with E-state index in [-0.39, 0.29) is 5.91 Å². The number of halogens is 2. The van der Waals surface area contributed by atoms with Gasteiger partial charge in [-0.15, -0.1) is 0 Å². The van der Waals surface area contributed by atoms with Gasteiger partial charge in [0.05, 0.1) is 11.3 Å². The molecule has 3 rings (SSSR count). The lowest BCUT2D eigenvalue weighted by molar-refractivity contribution is 0.0944. The third-order valence-corrected chi connectivity index (χ3v) is 3.38. The second-order valence-electron chi connectivity index (χ2n) is 4.72. The Morgan fingerprint density at radius 2 is 2.05 bits per heavy atom. The monoisotopic (exact) mass is 274 g/mol. The Kier molecular flexibility index (Phi) is 3.18. The van der Waals surface area contributed by atoms with Crippen molar-refractivity contribution in [3.8, 4) is 0 Å². The molecule has 1 aliphatic heterocycles. The fraction of sp³-hybridized carbons (Fsp3) is 0.200. The van der Waals surface area contributed by atoms with Crippen LogP contribution in [0, 0.1) is 11.6 Å². The Labute approximate surface area is 114 Å². The summed E-state index contributed by atoms with van der Waals surface area (Å²) in [6.45, 7) is 0.612. The molecule has 20 heavy (non-hydrogen) atoms. The zero-order valence-electron chi connectivity index (χ0n) is 10.6. The molecule has 0 spiro atoms. The van der Waals surface area contributed by atoms with Gasteiger partial charge in [-0.05, 0) is 35.7 Å². The summed E-state index contributed by atoms with van der Waals surface area (Å²) in [5.74, 6) is -1.93. The Morgan fingerprint density at radius 1 is 1.20 bits per heavy atom. The van der Waals surface area contributed by atoms with Gasteiger partial charge in [-0.25, -0.2) is 8.78 Å². The number of nitrogens with zero attached hydrogens (tertiary/aromatic N) is 1. The summed E-state index contributed by atoms with van der Waals surface area (Å²) in [7, 11) is 0. The number of aromatic nitrogens is 1. The first-order valence-electron chi connectivity index (χ1n) is 6.34. The predicted octanol–water partition coefficient (Wildman–Crippen LogP) is 2.24. The van der Waals surface area contributed by atoms with Crippen LogP contribution >= 0.6 is 0 Å². The molecule has 0 saturated heterocycles. The number of hydrogen-bond acceptors (Lipinski definition) is 2. The number of fused-ring (bicyclic) bond motifs is 1. The molecule has 0 radical (unpaired) electrons. The van der Waals surface area contributed by atoms with Crippen LogP contribution in [0.25, 0.3) is 0 Å². The molecule has 0 aliphatic carbocycles. The van der Waals surface area contributed by atoms with Crippen molar-refractivity contribution < 1.29 is 13.6 Å². The van der Waals surface area contributed by atoms with Crippen molar-refractivity contribution in [2.24, 2.45) is 0 Å². The zero-order valence-corrected chi connectivity index (χ0v) is 10.6. The molecule has 0 unspecified atom stereocenters. The maximum Gasteiger partial charge on any atom is 0.253 e. The summed E-state index contributed by atoms with van der Waals surface area (Å²) in [6.07, 6.45) is 2.70. The Morgan fingerprint density at radius 3 is 2.85 bits per heavy atom. The summed E-state index contributed by atoms with van der Waals surface area (Å²) in [4.78, 5) is 16.1. The van der Waals surface area contributed by atoms with Crippen molar-refractivity contribution in [3.63, 3.8) is 0 Å². The third-order valence-electron chi connectivity index (χ3n) is 3.38. The molecule has 1 aromatic carbocycles. The Balaban J connectivity index is 1.99. The van der Waals surface area contributed by atoms with E-state index in [0.29, 0.717) is 29.8 Å². The number of benzene rings is 1. The van der Waals surface area contributed by atoms with E-state index >= 15 is 0 Å². The second kappa shape index (κ2) is 5.00. The van der Waals surface area contributed by atoms with E-state index in [0.717, 1.165) is 24.1 Å². The molecular weight excluding hydrogens is 262 g/mol. The van der Waals surface area contributed by atoms with E-state index in [1.54, 1.807) is 6.20 Å². The maximum absolute atomic E-state index is 13.2. The lowest BCUT2D eigenvalue weighted by Gasteiger charge is -2.18. The van der Waals surface area contributed by atoms with Gasteiger partial charge in [-0.2, -0.15) is 0 Å². The van der Waals surface area contributed by atoms with Gasteiger partial charge < -0.3 is 5.32 Å². The molecule has 0 bridgehead atoms. The van der Waals surface area contributed by atoms with Crippen molar-refractivity contribution in [3.05, 3.63) is 64.5 Å². The van der Waals surface area contributed by atoms with Crippen LogP contribution in [-0.4, -0.2) is 17.4 Å². The molecule has 2 aromatic rings. The highest BCUT2D eigenvalue weighted by atomic mass is 19.2. The predicted molar refractivity (Wildman–Crippen MR) is 69.4 cm³/mol. The summed E-state index contributed by atoms with van der Waals surface area (Å²) in [6, 6.07) is 5.54. The van der Waals surface area contributed by atoms with Crippen LogP contribution in [0.4, 0.5) is 8.78 Å². The standard InChI is InChI=1S/C15H12F2N2O/c16-11-2-1-9(7-12(11)17)8-13-14-10(3-5-18-13)4-6-19-15(14)20/h1-3,5,7H,4,6,8H2,(H,19,20). The first kappa shape index (κ1) is 12.7. The van der Waals surface area contributed by atoms with Crippen molar-refractivity contribution >= 4 is 5.91 Å². The van der Waals surface area contributed by atoms with Crippen LogP contribution in [0.15, 0.2) is 30.5 Å². The zero-order chi connectivity index (χ0) is 14.1. The van der Waals surface area contributed by atoms with E-state index in [9.17, 15) is 13.6 Å². The molecule has 0 atom stereocenters. The molecule has 5 heteroatoms. The highest BCUT2D eigenvalue weighted by molar-refractivity contribution is 5.97. The SMILES string of the molecule is O=C1NCCc2ccnc(Cc3ccc(F)c(F)c3)c21. The van der Waals surface area contributed by atoms with E-state index in [1.165, 1.54) is 6.07 Å². The first-order chi connectivity index (χ1) is 9.65. The molecule has 1 N–H and O–H groups in total. The molecule has 1 amide bonds. The molecule has 102 valence electrons. The van der Waals surface area contributed by atoms with E-state index in [1.807, 2.05) is 6.07 Å². The van der Waals surface area contributed by atoms with Gasteiger partial charge in [0.15, 0.2) is 11.6 Å². The second-order valence-corrected chi connectivity index (χ2v) is 4.72. The minimum absolute atomic E-state index is 0.156. The van der Waals surface area contributed by atoms with Crippen LogP contribution in [-0.2, 0) is 12.8 Å². The lowest BCUT2D eigenvalue weighted by atomic mass is 9.96. The van der Waals surface area contributed by atoms with Gasteiger partial charge in [0.1, 0.15) is 0 Å². The Hall–Kier alpha value is -2.30. The van der Waals surface area contributed by atoms with Crippen LogP contribution < -0.4 is 5.32 Å². The fourth-order valence-electron chi connectivity index (χ4n) is 2.41. The van der Waals surface area contributed by atoms with Crippen molar-refractivity contribution in [1.29, 1.82) is 0 Å². The normalized spacial score (nSPS) is 13.8. The minimum atomic E-state index is -0.892. The minimum Gasteiger partial charge on any atom is -0.352 e. The van der Waals surface area contributed by atoms with E-state index in [2.05, 4.69) is 10.3 Å². The van der Waals surface area contributed by atoms with Crippen LogP contribution in [0.5, 0.6) is 0 Å². The first-order valence-corrected chi connectivity index (χ1v) is 6.34. The number of nitrogens with one attached hydrogen (secondary N) is 1. The van der Waals surface area contributed by atoms with Crippen LogP contribution in [0.3, 0.4) is 0 Å². The average Bonchev–Trinajstić information content (AvgIpc) is 2.43. The van der Waals surface area contributed by atoms with Crippen molar-refractivity contribution in [2.45, 2.75) is 12.8 Å². The summed E-state index contributed by atoms with van der Waals surface area (Å²) >= 11 is 0. The molecule has 2 heterocycles. The van der Waals surface area contributed by atoms with Crippen LogP contribution in [0.2, 0.25) is 0 Å². The van der Waals surface area contributed by atoms with Gasteiger partial charge in [-0.1, -0.05) is 6.07 Å². The number of carbonyl (C=O) groups is 1. The van der Waals surface area contributed by atoms with Gasteiger partial charge in [0.2, 0.25) is 0 Å². The molecular formula is C15H12F2N2O. The number of hydrogen-bond donors (Lipinski definition) is 1. The smallest absolute Gasteiger partial charge is 0.253 e. The maximum atomic E-state index is 13.2. The number of carbonyl (C=O) groups excluding carboxylic acids is 1. The number of rotatable bonds is 2. The quantitative estimate of drug-likeness (QED) is 0.912. The summed E-state index contributed by atoms with van der Waals surface area (Å²) in [5, 5.41) is 2.77. The van der Waals surface area contributed by atoms with Crippen LogP contribution in [0.1, 0.15) is 27.2 Å². The largest absolute Gasteiger partial charge is 0.352 e. The van der Waals surface area contributed by atoms with Gasteiger partial charge >= 0.3 is 0 Å². The van der Waals surface area contributed by atoms with E-state index < -0.39 is 11.6 Å². The summed E-state index contributed by atoms with van der Waals surface area (Å²) < 4.78 is 26.1. The fourth-order valence-corrected chi connectivity index (χ4v) is 2.41. The number of amides is 1. The Bertz CT molecular complexity index is 686. The average molecular weight is 274 g/mol. The highest BCUT2D eigenvalue weighted by Gasteiger charge is 2.21. The van der Waals surface area contributed by atoms with Gasteiger partial charge in [0.25, 0.3) is 5.91 Å². The molecule has 1 aromatic heterocycles. The molecule has 3 nitrogen and oxygen atoms in total. The summed E-state index contributed by atoms with van der Waals surface area (Å²) in [5.41, 5.74) is 2.68. The molecule has 0 saturated carbocycles. The highest BCUT2D eigenvalue weighted by Crippen LogP contribution is 2.20. The lowest BCUT2D eigenvalue weighted by Crippen LogP contribution is -2.33. The topological polar surface area (TPSA) is 42.0 Å². The number of pyridine rings is 1.